The van der Waals surface area contributed by atoms with Gasteiger partial charge < -0.3 is 15.2 Å². The van der Waals surface area contributed by atoms with Gasteiger partial charge in [0.2, 0.25) is 0 Å². The van der Waals surface area contributed by atoms with Crippen molar-refractivity contribution in [2.45, 2.75) is 25.6 Å². The fourth-order valence-corrected chi connectivity index (χ4v) is 1.54. The van der Waals surface area contributed by atoms with E-state index in [1.54, 1.807) is 5.32 Å². The molecule has 0 aliphatic heterocycles. The van der Waals surface area contributed by atoms with Gasteiger partial charge in [-0.15, -0.1) is 0 Å². The molecule has 0 fully saturated rings. The van der Waals surface area contributed by atoms with Crippen molar-refractivity contribution in [2.75, 3.05) is 6.61 Å². The van der Waals surface area contributed by atoms with Crippen molar-refractivity contribution in [3.8, 4) is 5.75 Å². The van der Waals surface area contributed by atoms with E-state index in [-0.39, 0.29) is 18.8 Å². The number of esters is 1. The van der Waals surface area contributed by atoms with Crippen molar-refractivity contribution in [1.29, 1.82) is 0 Å². The van der Waals surface area contributed by atoms with Gasteiger partial charge in [-0.1, -0.05) is 12.1 Å². The molecule has 0 aliphatic carbocycles. The Labute approximate surface area is 118 Å². The van der Waals surface area contributed by atoms with E-state index in [0.29, 0.717) is 5.56 Å². The zero-order valence-electron chi connectivity index (χ0n) is 11.1. The smallest absolute Gasteiger partial charge is 0.471 e. The molecule has 116 valence electrons. The Morgan fingerprint density at radius 1 is 1.29 bits per heavy atom. The molecule has 0 saturated carbocycles. The lowest BCUT2D eigenvalue weighted by molar-refractivity contribution is -0.175. The van der Waals surface area contributed by atoms with E-state index < -0.39 is 24.1 Å². The molecular weight excluding hydrogens is 291 g/mol. The lowest BCUT2D eigenvalue weighted by atomic mass is 10.1. The number of carbonyl (C=O) groups excluding carboxylic acids is 2. The van der Waals surface area contributed by atoms with Crippen LogP contribution in [-0.4, -0.2) is 35.8 Å². The quantitative estimate of drug-likeness (QED) is 0.809. The number of aromatic hydroxyl groups is 1. The Balaban J connectivity index is 2.84. The maximum Gasteiger partial charge on any atom is 0.471 e. The van der Waals surface area contributed by atoms with E-state index in [1.165, 1.54) is 31.2 Å². The third kappa shape index (κ3) is 5.33. The number of nitrogens with one attached hydrogen (secondary N) is 1. The molecule has 0 spiro atoms. The van der Waals surface area contributed by atoms with Crippen LogP contribution in [0.5, 0.6) is 5.75 Å². The lowest BCUT2D eigenvalue weighted by Gasteiger charge is -2.18. The molecule has 0 heterocycles. The molecule has 1 aromatic rings. The number of alkyl halides is 3. The Morgan fingerprint density at radius 2 is 1.86 bits per heavy atom. The van der Waals surface area contributed by atoms with E-state index in [4.69, 9.17) is 5.11 Å². The van der Waals surface area contributed by atoms with Crippen molar-refractivity contribution in [2.24, 2.45) is 0 Å². The number of amides is 1. The zero-order valence-corrected chi connectivity index (χ0v) is 11.1. The summed E-state index contributed by atoms with van der Waals surface area (Å²) >= 11 is 0. The highest BCUT2D eigenvalue weighted by Gasteiger charge is 2.41. The van der Waals surface area contributed by atoms with Crippen molar-refractivity contribution in [1.82, 2.24) is 5.32 Å². The summed E-state index contributed by atoms with van der Waals surface area (Å²) in [5.41, 5.74) is 0.466. The summed E-state index contributed by atoms with van der Waals surface area (Å²) in [6, 6.07) is 4.05. The summed E-state index contributed by atoms with van der Waals surface area (Å²) < 4.78 is 41.4. The molecule has 0 aromatic heterocycles. The van der Waals surface area contributed by atoms with Crippen LogP contribution in [0.15, 0.2) is 24.3 Å². The minimum absolute atomic E-state index is 0.0210. The minimum atomic E-state index is -5.08. The van der Waals surface area contributed by atoms with E-state index in [2.05, 4.69) is 4.74 Å². The van der Waals surface area contributed by atoms with Crippen LogP contribution >= 0.6 is 0 Å². The monoisotopic (exact) mass is 305 g/mol. The van der Waals surface area contributed by atoms with Gasteiger partial charge in [0.25, 0.3) is 0 Å². The van der Waals surface area contributed by atoms with Crippen molar-refractivity contribution in [3.63, 3.8) is 0 Å². The first-order valence-corrected chi connectivity index (χ1v) is 6.06. The molecule has 1 amide bonds. The molecule has 1 rings (SSSR count). The van der Waals surface area contributed by atoms with Gasteiger partial charge in [0.1, 0.15) is 11.8 Å². The molecule has 0 unspecified atom stereocenters. The molecule has 0 aliphatic rings. The zero-order chi connectivity index (χ0) is 16.0. The highest BCUT2D eigenvalue weighted by molar-refractivity contribution is 5.87. The summed E-state index contributed by atoms with van der Waals surface area (Å²) in [5, 5.41) is 10.7. The predicted octanol–water partition coefficient (Wildman–Crippen LogP) is 1.54. The molecule has 8 heteroatoms. The van der Waals surface area contributed by atoms with Crippen molar-refractivity contribution in [3.05, 3.63) is 29.8 Å². The Hall–Kier alpha value is -2.25. The average Bonchev–Trinajstić information content (AvgIpc) is 2.39. The molecular formula is C13H14F3NO4. The van der Waals surface area contributed by atoms with E-state index >= 15 is 0 Å². The maximum absolute atomic E-state index is 12.3. The third-order valence-corrected chi connectivity index (χ3v) is 2.51. The van der Waals surface area contributed by atoms with Crippen LogP contribution in [0.2, 0.25) is 0 Å². The number of phenolic OH excluding ortho intramolecular Hbond substituents is 1. The van der Waals surface area contributed by atoms with E-state index in [1.807, 2.05) is 0 Å². The molecule has 2 N–H and O–H groups in total. The van der Waals surface area contributed by atoms with Crippen LogP contribution in [0.1, 0.15) is 12.5 Å². The number of phenols is 1. The second-order valence-corrected chi connectivity index (χ2v) is 4.15. The van der Waals surface area contributed by atoms with Gasteiger partial charge in [0.05, 0.1) is 6.61 Å². The first kappa shape index (κ1) is 16.8. The fraction of sp³-hybridized carbons (Fsp3) is 0.385. The topological polar surface area (TPSA) is 75.6 Å². The fourth-order valence-electron chi connectivity index (χ4n) is 1.54. The largest absolute Gasteiger partial charge is 0.508 e. The highest BCUT2D eigenvalue weighted by atomic mass is 19.4. The second-order valence-electron chi connectivity index (χ2n) is 4.15. The molecule has 0 bridgehead atoms. The molecule has 0 saturated heterocycles. The van der Waals surface area contributed by atoms with Gasteiger partial charge in [-0.3, -0.25) is 4.79 Å². The maximum atomic E-state index is 12.3. The van der Waals surface area contributed by atoms with Crippen molar-refractivity contribution < 1.29 is 32.6 Å². The normalized spacial score (nSPS) is 12.6. The number of carbonyl (C=O) groups is 2. The van der Waals surface area contributed by atoms with Crippen LogP contribution in [0, 0.1) is 0 Å². The minimum Gasteiger partial charge on any atom is -0.508 e. The molecule has 0 radical (unpaired) electrons. The Kier molecular flexibility index (Phi) is 5.57. The lowest BCUT2D eigenvalue weighted by Crippen LogP contribution is -2.48. The Morgan fingerprint density at radius 3 is 2.33 bits per heavy atom. The van der Waals surface area contributed by atoms with Gasteiger partial charge in [-0.25, -0.2) is 4.79 Å². The SMILES string of the molecule is CCOC(=O)[C@H](Cc1ccc(O)cc1)NC(=O)C(F)(F)F. The van der Waals surface area contributed by atoms with Gasteiger partial charge in [-0.05, 0) is 24.6 Å². The predicted molar refractivity (Wildman–Crippen MR) is 66.4 cm³/mol. The summed E-state index contributed by atoms with van der Waals surface area (Å²) in [4.78, 5) is 22.6. The van der Waals surface area contributed by atoms with Crippen LogP contribution in [0.4, 0.5) is 13.2 Å². The number of hydrogen-bond acceptors (Lipinski definition) is 4. The summed E-state index contributed by atoms with van der Waals surface area (Å²) in [5.74, 6) is -3.19. The number of hydrogen-bond donors (Lipinski definition) is 2. The van der Waals surface area contributed by atoms with Crippen LogP contribution in [0.25, 0.3) is 0 Å². The third-order valence-electron chi connectivity index (χ3n) is 2.51. The summed E-state index contributed by atoms with van der Waals surface area (Å²) in [6.07, 6.45) is -5.26. The first-order valence-electron chi connectivity index (χ1n) is 6.06. The standard InChI is InChI=1S/C13H14F3NO4/c1-2-21-11(19)10(17-12(20)13(14,15)16)7-8-3-5-9(18)6-4-8/h3-6,10,18H,2,7H2,1H3,(H,17,20)/t10-/m0/s1. The number of halogens is 3. The van der Waals surface area contributed by atoms with Gasteiger partial charge in [-0.2, -0.15) is 13.2 Å². The highest BCUT2D eigenvalue weighted by Crippen LogP contribution is 2.16. The van der Waals surface area contributed by atoms with E-state index in [0.717, 1.165) is 0 Å². The van der Waals surface area contributed by atoms with E-state index in [9.17, 15) is 22.8 Å². The second kappa shape index (κ2) is 6.96. The first-order chi connectivity index (χ1) is 9.74. The number of benzene rings is 1. The van der Waals surface area contributed by atoms with Crippen molar-refractivity contribution >= 4 is 11.9 Å². The number of ether oxygens (including phenoxy) is 1. The summed E-state index contributed by atoms with van der Waals surface area (Å²) in [7, 11) is 0. The molecule has 1 aromatic carbocycles. The van der Waals surface area contributed by atoms with Crippen LogP contribution < -0.4 is 5.32 Å². The molecule has 21 heavy (non-hydrogen) atoms. The van der Waals surface area contributed by atoms with Crippen LogP contribution in [-0.2, 0) is 20.7 Å². The molecule has 1 atom stereocenters. The average molecular weight is 305 g/mol. The van der Waals surface area contributed by atoms with Gasteiger partial charge in [0.15, 0.2) is 0 Å². The van der Waals surface area contributed by atoms with Gasteiger partial charge >= 0.3 is 18.1 Å². The molecule has 5 nitrogen and oxygen atoms in total. The van der Waals surface area contributed by atoms with Gasteiger partial charge in [0, 0.05) is 6.42 Å². The Bertz CT molecular complexity index is 499. The number of rotatable bonds is 5. The van der Waals surface area contributed by atoms with Crippen LogP contribution in [0.3, 0.4) is 0 Å². The summed E-state index contributed by atoms with van der Waals surface area (Å²) in [6.45, 7) is 1.48.